The van der Waals surface area contributed by atoms with Gasteiger partial charge in [0.25, 0.3) is 5.91 Å². The molecule has 1 unspecified atom stereocenters. The van der Waals surface area contributed by atoms with Crippen molar-refractivity contribution < 1.29 is 24.2 Å². The predicted octanol–water partition coefficient (Wildman–Crippen LogP) is 6.28. The summed E-state index contributed by atoms with van der Waals surface area (Å²) in [5.74, 6) is -0.681. The molecule has 1 aliphatic rings. The van der Waals surface area contributed by atoms with Crippen molar-refractivity contribution >= 4 is 50.8 Å². The summed E-state index contributed by atoms with van der Waals surface area (Å²) in [6, 6.07) is 22.6. The third-order valence-electron chi connectivity index (χ3n) is 7.66. The van der Waals surface area contributed by atoms with Gasteiger partial charge in [0.15, 0.2) is 0 Å². The molecule has 41 heavy (non-hydrogen) atoms. The van der Waals surface area contributed by atoms with E-state index in [4.69, 9.17) is 16.3 Å². The third-order valence-corrected chi connectivity index (χ3v) is 8.86. The van der Waals surface area contributed by atoms with E-state index in [1.54, 1.807) is 29.0 Å². The Bertz CT molecular complexity index is 1590. The van der Waals surface area contributed by atoms with Gasteiger partial charge in [0.2, 0.25) is 5.91 Å². The highest BCUT2D eigenvalue weighted by Crippen LogP contribution is 2.41. The van der Waals surface area contributed by atoms with E-state index < -0.39 is 11.5 Å². The lowest BCUT2D eigenvalue weighted by atomic mass is 9.76. The van der Waals surface area contributed by atoms with Gasteiger partial charge in [0.1, 0.15) is 11.3 Å². The van der Waals surface area contributed by atoms with E-state index >= 15 is 0 Å². The first-order valence-electron chi connectivity index (χ1n) is 13.5. The van der Waals surface area contributed by atoms with Crippen LogP contribution in [0.2, 0.25) is 5.02 Å². The summed E-state index contributed by atoms with van der Waals surface area (Å²) >= 11 is 7.75. The lowest BCUT2D eigenvalue weighted by Crippen LogP contribution is -2.70. The van der Waals surface area contributed by atoms with E-state index in [-0.39, 0.29) is 44.2 Å². The van der Waals surface area contributed by atoms with Crippen LogP contribution in [0.1, 0.15) is 40.7 Å². The number of hydrogen-bond acceptors (Lipinski definition) is 5. The average Bonchev–Trinajstić information content (AvgIpc) is 3.39. The maximum Gasteiger partial charge on any atom is 0.303 e. The summed E-state index contributed by atoms with van der Waals surface area (Å²) in [6.45, 7) is 0.912. The standard InChI is InChI=1S/C32H31ClN2O5S/c1-40-27-12-4-2-9-23(27)19-32(15-17-35(32)30(38)26-21-41-28-13-5-3-11-25(26)28)31(39)34(16-7-14-29(36)37)20-22-8-6-10-24(33)18-22/h2-6,8-13,18,21H,7,14-17,19-20H2,1H3,(H,36,37). The zero-order chi connectivity index (χ0) is 29.0. The fraction of sp³-hybridized carbons (Fsp3) is 0.281. The van der Waals surface area contributed by atoms with Gasteiger partial charge in [-0.2, -0.15) is 0 Å². The molecular weight excluding hydrogens is 560 g/mol. The fourth-order valence-electron chi connectivity index (χ4n) is 5.55. The first-order valence-corrected chi connectivity index (χ1v) is 14.7. The van der Waals surface area contributed by atoms with Crippen LogP contribution >= 0.6 is 22.9 Å². The first kappa shape index (κ1) is 28.6. The van der Waals surface area contributed by atoms with Crippen LogP contribution in [0.25, 0.3) is 10.1 Å². The number of likely N-dealkylation sites (tertiary alicyclic amines) is 1. The number of ether oxygens (including phenoxy) is 1. The molecule has 0 radical (unpaired) electrons. The summed E-state index contributed by atoms with van der Waals surface area (Å²) in [5, 5.41) is 12.6. The second-order valence-corrected chi connectivity index (χ2v) is 11.6. The van der Waals surface area contributed by atoms with Gasteiger partial charge < -0.3 is 19.6 Å². The highest BCUT2D eigenvalue weighted by Gasteiger charge is 2.55. The van der Waals surface area contributed by atoms with Crippen molar-refractivity contribution in [1.82, 2.24) is 9.80 Å². The molecule has 1 N–H and O–H groups in total. The number of thiophene rings is 1. The van der Waals surface area contributed by atoms with E-state index in [1.165, 1.54) is 11.3 Å². The number of rotatable bonds is 11. The minimum atomic E-state index is -1.16. The van der Waals surface area contributed by atoms with Crippen molar-refractivity contribution in [2.45, 2.75) is 37.8 Å². The lowest BCUT2D eigenvalue weighted by Gasteiger charge is -2.53. The van der Waals surface area contributed by atoms with Gasteiger partial charge in [0.05, 0.1) is 12.7 Å². The summed E-state index contributed by atoms with van der Waals surface area (Å²) in [5.41, 5.74) is 1.07. The van der Waals surface area contributed by atoms with Crippen LogP contribution in [0.5, 0.6) is 5.75 Å². The molecule has 9 heteroatoms. The molecule has 2 heterocycles. The molecular formula is C32H31ClN2O5S. The van der Waals surface area contributed by atoms with Crippen LogP contribution in [0.15, 0.2) is 78.2 Å². The normalized spacial score (nSPS) is 16.3. The number of methoxy groups -OCH3 is 1. The molecule has 212 valence electrons. The average molecular weight is 591 g/mol. The molecule has 0 spiro atoms. The number of amides is 2. The topological polar surface area (TPSA) is 87.2 Å². The second-order valence-electron chi connectivity index (χ2n) is 10.2. The molecule has 0 aliphatic carbocycles. The number of benzene rings is 3. The molecule has 1 aliphatic heterocycles. The Morgan fingerprint density at radius 3 is 2.59 bits per heavy atom. The van der Waals surface area contributed by atoms with Crippen molar-refractivity contribution in [2.24, 2.45) is 0 Å². The van der Waals surface area contributed by atoms with Crippen LogP contribution in [-0.2, 0) is 22.6 Å². The van der Waals surface area contributed by atoms with Crippen molar-refractivity contribution in [1.29, 1.82) is 0 Å². The Labute approximate surface area is 247 Å². The van der Waals surface area contributed by atoms with Gasteiger partial charge in [-0.3, -0.25) is 14.4 Å². The van der Waals surface area contributed by atoms with Crippen LogP contribution < -0.4 is 4.74 Å². The minimum Gasteiger partial charge on any atom is -0.496 e. The molecule has 7 nitrogen and oxygen atoms in total. The van der Waals surface area contributed by atoms with Crippen LogP contribution in [-0.4, -0.2) is 58.4 Å². The van der Waals surface area contributed by atoms with Gasteiger partial charge in [-0.05, 0) is 48.2 Å². The summed E-state index contributed by atoms with van der Waals surface area (Å²) in [4.78, 5) is 43.5. The molecule has 1 fully saturated rings. The zero-order valence-corrected chi connectivity index (χ0v) is 24.3. The molecule has 3 aromatic carbocycles. The molecule has 4 aromatic rings. The Morgan fingerprint density at radius 1 is 1.07 bits per heavy atom. The third kappa shape index (κ3) is 5.94. The van der Waals surface area contributed by atoms with Gasteiger partial charge >= 0.3 is 5.97 Å². The molecule has 2 amide bonds. The number of fused-ring (bicyclic) bond motifs is 1. The SMILES string of the molecule is COc1ccccc1CC1(C(=O)N(CCCC(=O)O)Cc2cccc(Cl)c2)CCN1C(=O)c1csc2ccccc12. The number of para-hydroxylation sites is 1. The van der Waals surface area contributed by atoms with E-state index in [1.807, 2.05) is 66.0 Å². The van der Waals surface area contributed by atoms with Gasteiger partial charge in [-0.15, -0.1) is 11.3 Å². The molecule has 5 rings (SSSR count). The van der Waals surface area contributed by atoms with Crippen LogP contribution in [0.3, 0.4) is 0 Å². The van der Waals surface area contributed by atoms with Gasteiger partial charge in [0, 0.05) is 53.0 Å². The van der Waals surface area contributed by atoms with E-state index in [9.17, 15) is 19.5 Å². The largest absolute Gasteiger partial charge is 0.496 e. The van der Waals surface area contributed by atoms with Gasteiger partial charge in [-0.1, -0.05) is 60.1 Å². The summed E-state index contributed by atoms with van der Waals surface area (Å²) < 4.78 is 6.63. The van der Waals surface area contributed by atoms with Crippen molar-refractivity contribution in [3.8, 4) is 5.75 Å². The Kier molecular flexibility index (Phi) is 8.61. The van der Waals surface area contributed by atoms with Crippen molar-refractivity contribution in [3.63, 3.8) is 0 Å². The minimum absolute atomic E-state index is 0.0671. The van der Waals surface area contributed by atoms with Crippen molar-refractivity contribution in [3.05, 3.63) is 99.9 Å². The zero-order valence-electron chi connectivity index (χ0n) is 22.7. The van der Waals surface area contributed by atoms with E-state index in [0.29, 0.717) is 29.3 Å². The number of carbonyl (C=O) groups is 3. The number of nitrogens with zero attached hydrogens (tertiary/aromatic N) is 2. The number of carbonyl (C=O) groups excluding carboxylic acids is 2. The maximum atomic E-state index is 14.7. The van der Waals surface area contributed by atoms with Gasteiger partial charge in [-0.25, -0.2) is 0 Å². The number of aliphatic carboxylic acids is 1. The molecule has 1 saturated heterocycles. The fourth-order valence-corrected chi connectivity index (χ4v) is 6.70. The quantitative estimate of drug-likeness (QED) is 0.222. The Balaban J connectivity index is 1.54. The summed E-state index contributed by atoms with van der Waals surface area (Å²) in [6.07, 6.45) is 0.967. The highest BCUT2D eigenvalue weighted by atomic mass is 35.5. The Hall–Kier alpha value is -3.88. The monoisotopic (exact) mass is 590 g/mol. The van der Waals surface area contributed by atoms with Crippen LogP contribution in [0.4, 0.5) is 0 Å². The molecule has 0 saturated carbocycles. The maximum absolute atomic E-state index is 14.7. The van der Waals surface area contributed by atoms with Crippen LogP contribution in [0, 0.1) is 0 Å². The molecule has 0 bridgehead atoms. The smallest absolute Gasteiger partial charge is 0.303 e. The number of hydrogen-bond donors (Lipinski definition) is 1. The molecule has 1 atom stereocenters. The first-order chi connectivity index (χ1) is 19.8. The number of halogens is 1. The van der Waals surface area contributed by atoms with E-state index in [2.05, 4.69) is 0 Å². The highest BCUT2D eigenvalue weighted by molar-refractivity contribution is 7.17. The van der Waals surface area contributed by atoms with E-state index in [0.717, 1.165) is 21.2 Å². The lowest BCUT2D eigenvalue weighted by molar-refractivity contribution is -0.152. The number of carboxylic acids is 1. The number of carboxylic acid groups (broad SMARTS) is 1. The predicted molar refractivity (Wildman–Crippen MR) is 161 cm³/mol. The summed E-state index contributed by atoms with van der Waals surface area (Å²) in [7, 11) is 1.59. The Morgan fingerprint density at radius 2 is 1.85 bits per heavy atom. The molecule has 1 aromatic heterocycles. The van der Waals surface area contributed by atoms with Crippen molar-refractivity contribution in [2.75, 3.05) is 20.2 Å². The second kappa shape index (κ2) is 12.3.